The minimum absolute atomic E-state index is 0.812. The molecule has 0 bridgehead atoms. The van der Waals surface area contributed by atoms with Gasteiger partial charge in [-0.1, -0.05) is 18.2 Å². The van der Waals surface area contributed by atoms with Gasteiger partial charge in [0.2, 0.25) is 0 Å². The van der Waals surface area contributed by atoms with Crippen molar-refractivity contribution in [3.8, 4) is 5.75 Å². The number of rotatable bonds is 7. The highest BCUT2D eigenvalue weighted by Gasteiger charge is 1.93. The molecule has 0 aliphatic carbocycles. The molecule has 1 aromatic carbocycles. The molecule has 0 aromatic heterocycles. The van der Waals surface area contributed by atoms with E-state index >= 15 is 0 Å². The van der Waals surface area contributed by atoms with Gasteiger partial charge in [-0.15, -0.1) is 0 Å². The van der Waals surface area contributed by atoms with Crippen molar-refractivity contribution in [3.05, 3.63) is 53.8 Å². The number of methoxy groups -OCH3 is 2. The number of allylic oxidation sites excluding steroid dienone is 2. The number of hydrogen-bond donors (Lipinski definition) is 1. The Morgan fingerprint density at radius 3 is 2.50 bits per heavy atom. The largest absolute Gasteiger partial charge is 0.497 e. The van der Waals surface area contributed by atoms with Crippen LogP contribution in [0.3, 0.4) is 0 Å². The fraction of sp³-hybridized carbons (Fsp3) is 0.333. The molecule has 3 nitrogen and oxygen atoms in total. The first-order valence-corrected chi connectivity index (χ1v) is 6.00. The van der Waals surface area contributed by atoms with Crippen LogP contribution >= 0.6 is 0 Å². The summed E-state index contributed by atoms with van der Waals surface area (Å²) in [5, 5.41) is 3.33. The average Bonchev–Trinajstić information content (AvgIpc) is 2.43. The van der Waals surface area contributed by atoms with E-state index in [2.05, 4.69) is 17.4 Å². The first kappa shape index (κ1) is 14.3. The van der Waals surface area contributed by atoms with Gasteiger partial charge in [-0.25, -0.2) is 0 Å². The van der Waals surface area contributed by atoms with Crippen molar-refractivity contribution < 1.29 is 9.47 Å². The summed E-state index contributed by atoms with van der Waals surface area (Å²) in [6, 6.07) is 8.05. The summed E-state index contributed by atoms with van der Waals surface area (Å²) in [7, 11) is 3.34. The minimum Gasteiger partial charge on any atom is -0.497 e. The molecule has 0 aliphatic rings. The summed E-state index contributed by atoms with van der Waals surface area (Å²) in [6.45, 7) is 3.60. The van der Waals surface area contributed by atoms with Crippen molar-refractivity contribution in [2.45, 2.75) is 13.5 Å². The standard InChI is InChI=1S/C15H21NO2/c1-4-14(17-2)6-5-11-16-12-13-7-9-15(18-3)10-8-13/h4-10,16H,11-12H2,1-3H3/b6-5-,14-4+. The summed E-state index contributed by atoms with van der Waals surface area (Å²) >= 11 is 0. The maximum absolute atomic E-state index is 5.12. The third-order valence-electron chi connectivity index (χ3n) is 2.55. The molecule has 0 saturated carbocycles. The summed E-state index contributed by atoms with van der Waals surface area (Å²) in [5.74, 6) is 1.76. The summed E-state index contributed by atoms with van der Waals surface area (Å²) < 4.78 is 10.2. The first-order valence-electron chi connectivity index (χ1n) is 6.00. The molecule has 1 N–H and O–H groups in total. The minimum atomic E-state index is 0.812. The van der Waals surface area contributed by atoms with E-state index in [1.54, 1.807) is 14.2 Å². The highest BCUT2D eigenvalue weighted by Crippen LogP contribution is 2.10. The Kier molecular flexibility index (Phi) is 6.66. The van der Waals surface area contributed by atoms with E-state index in [1.807, 2.05) is 37.3 Å². The van der Waals surface area contributed by atoms with Crippen molar-refractivity contribution >= 4 is 0 Å². The van der Waals surface area contributed by atoms with Gasteiger partial charge in [-0.2, -0.15) is 0 Å². The molecule has 0 aliphatic heterocycles. The molecule has 0 heterocycles. The first-order chi connectivity index (χ1) is 8.80. The van der Waals surface area contributed by atoms with Crippen LogP contribution in [0.4, 0.5) is 0 Å². The van der Waals surface area contributed by atoms with E-state index < -0.39 is 0 Å². The second-order valence-corrected chi connectivity index (χ2v) is 3.78. The van der Waals surface area contributed by atoms with Crippen molar-refractivity contribution in [1.82, 2.24) is 5.32 Å². The van der Waals surface area contributed by atoms with Crippen LogP contribution in [0, 0.1) is 0 Å². The topological polar surface area (TPSA) is 30.5 Å². The molecule has 0 amide bonds. The van der Waals surface area contributed by atoms with Crippen LogP contribution in [-0.2, 0) is 11.3 Å². The smallest absolute Gasteiger partial charge is 0.118 e. The predicted octanol–water partition coefficient (Wildman–Crippen LogP) is 2.89. The maximum Gasteiger partial charge on any atom is 0.118 e. The zero-order valence-electron chi connectivity index (χ0n) is 11.3. The molecule has 0 unspecified atom stereocenters. The fourth-order valence-electron chi connectivity index (χ4n) is 1.50. The van der Waals surface area contributed by atoms with Crippen LogP contribution in [0.5, 0.6) is 5.75 Å². The van der Waals surface area contributed by atoms with Gasteiger partial charge in [0.15, 0.2) is 0 Å². The molecular formula is C15H21NO2. The Balaban J connectivity index is 2.29. The zero-order chi connectivity index (χ0) is 13.2. The van der Waals surface area contributed by atoms with Gasteiger partial charge in [0.1, 0.15) is 11.5 Å². The van der Waals surface area contributed by atoms with Crippen LogP contribution in [0.2, 0.25) is 0 Å². The van der Waals surface area contributed by atoms with Gasteiger partial charge in [-0.3, -0.25) is 0 Å². The molecule has 1 rings (SSSR count). The van der Waals surface area contributed by atoms with Gasteiger partial charge < -0.3 is 14.8 Å². The SMILES string of the molecule is C/C=C(\C=C/CNCc1ccc(OC)cc1)OC. The van der Waals surface area contributed by atoms with Gasteiger partial charge in [0.25, 0.3) is 0 Å². The Hall–Kier alpha value is -1.74. The van der Waals surface area contributed by atoms with Crippen molar-refractivity contribution in [3.63, 3.8) is 0 Å². The van der Waals surface area contributed by atoms with Crippen molar-refractivity contribution in [1.29, 1.82) is 0 Å². The van der Waals surface area contributed by atoms with E-state index in [0.717, 1.165) is 24.6 Å². The van der Waals surface area contributed by atoms with E-state index in [-0.39, 0.29) is 0 Å². The Morgan fingerprint density at radius 2 is 1.94 bits per heavy atom. The van der Waals surface area contributed by atoms with Crippen LogP contribution in [-0.4, -0.2) is 20.8 Å². The lowest BCUT2D eigenvalue weighted by atomic mass is 10.2. The van der Waals surface area contributed by atoms with E-state index in [0.29, 0.717) is 0 Å². The second-order valence-electron chi connectivity index (χ2n) is 3.78. The van der Waals surface area contributed by atoms with Gasteiger partial charge in [0, 0.05) is 13.1 Å². The molecule has 0 saturated heterocycles. The molecule has 3 heteroatoms. The fourth-order valence-corrected chi connectivity index (χ4v) is 1.50. The lowest BCUT2D eigenvalue weighted by Gasteiger charge is -2.04. The Morgan fingerprint density at radius 1 is 1.22 bits per heavy atom. The van der Waals surface area contributed by atoms with Crippen LogP contribution in [0.1, 0.15) is 12.5 Å². The highest BCUT2D eigenvalue weighted by atomic mass is 16.5. The lowest BCUT2D eigenvalue weighted by Crippen LogP contribution is -2.12. The number of ether oxygens (including phenoxy) is 2. The van der Waals surface area contributed by atoms with Gasteiger partial charge in [0.05, 0.1) is 14.2 Å². The van der Waals surface area contributed by atoms with Crippen LogP contribution < -0.4 is 10.1 Å². The van der Waals surface area contributed by atoms with Crippen molar-refractivity contribution in [2.24, 2.45) is 0 Å². The number of hydrogen-bond acceptors (Lipinski definition) is 3. The normalized spacial score (nSPS) is 11.8. The molecule has 1 aromatic rings. The molecule has 0 fully saturated rings. The quantitative estimate of drug-likeness (QED) is 0.456. The van der Waals surface area contributed by atoms with Crippen LogP contribution in [0.25, 0.3) is 0 Å². The molecule has 18 heavy (non-hydrogen) atoms. The third kappa shape index (κ3) is 5.06. The molecule has 0 radical (unpaired) electrons. The summed E-state index contributed by atoms with van der Waals surface area (Å²) in [5.41, 5.74) is 1.24. The average molecular weight is 247 g/mol. The van der Waals surface area contributed by atoms with Crippen molar-refractivity contribution in [2.75, 3.05) is 20.8 Å². The van der Waals surface area contributed by atoms with Crippen LogP contribution in [0.15, 0.2) is 48.3 Å². The van der Waals surface area contributed by atoms with Gasteiger partial charge in [-0.05, 0) is 36.8 Å². The molecule has 98 valence electrons. The van der Waals surface area contributed by atoms with E-state index in [4.69, 9.17) is 9.47 Å². The van der Waals surface area contributed by atoms with E-state index in [1.165, 1.54) is 5.56 Å². The molecule has 0 atom stereocenters. The molecule has 0 spiro atoms. The highest BCUT2D eigenvalue weighted by molar-refractivity contribution is 5.27. The maximum atomic E-state index is 5.12. The summed E-state index contributed by atoms with van der Waals surface area (Å²) in [4.78, 5) is 0. The number of nitrogens with one attached hydrogen (secondary N) is 1. The Bertz CT molecular complexity index is 393. The van der Waals surface area contributed by atoms with Gasteiger partial charge >= 0.3 is 0 Å². The lowest BCUT2D eigenvalue weighted by molar-refractivity contribution is 0.306. The second kappa shape index (κ2) is 8.37. The monoisotopic (exact) mass is 247 g/mol. The predicted molar refractivity (Wildman–Crippen MR) is 74.6 cm³/mol. The summed E-state index contributed by atoms with van der Waals surface area (Å²) in [6.07, 6.45) is 5.93. The Labute approximate surface area is 109 Å². The van der Waals surface area contributed by atoms with E-state index in [9.17, 15) is 0 Å². The molecular weight excluding hydrogens is 226 g/mol. The number of benzene rings is 1. The third-order valence-corrected chi connectivity index (χ3v) is 2.55. The zero-order valence-corrected chi connectivity index (χ0v) is 11.3.